The molecule has 2 fully saturated rings. The van der Waals surface area contributed by atoms with Gasteiger partial charge in [0.1, 0.15) is 0 Å². The number of hydrogen-bond acceptors (Lipinski definition) is 4. The van der Waals surface area contributed by atoms with Crippen molar-refractivity contribution in [1.82, 2.24) is 4.90 Å². The van der Waals surface area contributed by atoms with Crippen LogP contribution in [0.5, 0.6) is 0 Å². The summed E-state index contributed by atoms with van der Waals surface area (Å²) in [6, 6.07) is 8.25. The quantitative estimate of drug-likeness (QED) is 0.890. The van der Waals surface area contributed by atoms with Gasteiger partial charge in [-0.15, -0.1) is 11.8 Å². The Morgan fingerprint density at radius 2 is 1.84 bits per heavy atom. The summed E-state index contributed by atoms with van der Waals surface area (Å²) < 4.78 is 4.98. The summed E-state index contributed by atoms with van der Waals surface area (Å²) in [5, 5.41) is 9.28. The standard InChI is InChI=1S/C19H25NO4S/c1-13-5-7-15(8-6-13)25-19(9-3-4-10-19)18(23)20-11-14(2)24-16(12-20)17(21)22/h5-8,14,16H,3-4,9-12H2,1-2H3,(H,21,22)/t14-,16?/m1/s1. The number of ether oxygens (including phenoxy) is 1. The number of nitrogens with zero attached hydrogens (tertiary/aromatic N) is 1. The predicted molar refractivity (Wildman–Crippen MR) is 96.8 cm³/mol. The van der Waals surface area contributed by atoms with Crippen LogP contribution in [0.15, 0.2) is 29.2 Å². The first-order valence-corrected chi connectivity index (χ1v) is 9.65. The monoisotopic (exact) mass is 363 g/mol. The first-order chi connectivity index (χ1) is 11.9. The molecule has 1 aliphatic heterocycles. The molecular weight excluding hydrogens is 338 g/mol. The lowest BCUT2D eigenvalue weighted by molar-refractivity contribution is -0.167. The molecule has 6 heteroatoms. The van der Waals surface area contributed by atoms with E-state index in [9.17, 15) is 14.7 Å². The second-order valence-corrected chi connectivity index (χ2v) is 8.56. The number of thioether (sulfide) groups is 1. The van der Waals surface area contributed by atoms with Crippen LogP contribution in [-0.2, 0) is 14.3 Å². The number of rotatable bonds is 4. The largest absolute Gasteiger partial charge is 0.479 e. The van der Waals surface area contributed by atoms with Crippen molar-refractivity contribution in [2.45, 2.75) is 61.4 Å². The van der Waals surface area contributed by atoms with Gasteiger partial charge in [0.15, 0.2) is 6.10 Å². The number of carboxylic acids is 1. The molecule has 1 amide bonds. The van der Waals surface area contributed by atoms with Crippen LogP contribution in [-0.4, -0.2) is 51.9 Å². The number of aryl methyl sites for hydroxylation is 1. The number of hydrogen-bond donors (Lipinski definition) is 1. The van der Waals surface area contributed by atoms with Crippen LogP contribution in [0.1, 0.15) is 38.2 Å². The normalized spacial score (nSPS) is 25.8. The third kappa shape index (κ3) is 4.01. The maximum atomic E-state index is 13.4. The molecule has 5 nitrogen and oxygen atoms in total. The second kappa shape index (κ2) is 7.38. The van der Waals surface area contributed by atoms with Crippen LogP contribution in [0.3, 0.4) is 0 Å². The Kier molecular flexibility index (Phi) is 5.39. The maximum Gasteiger partial charge on any atom is 0.334 e. The Bertz CT molecular complexity index is 639. The molecule has 1 unspecified atom stereocenters. The van der Waals surface area contributed by atoms with Crippen molar-refractivity contribution >= 4 is 23.6 Å². The molecule has 0 bridgehead atoms. The Morgan fingerprint density at radius 3 is 2.44 bits per heavy atom. The fourth-order valence-electron chi connectivity index (χ4n) is 3.68. The zero-order valence-electron chi connectivity index (χ0n) is 14.7. The fraction of sp³-hybridized carbons (Fsp3) is 0.579. The van der Waals surface area contributed by atoms with Crippen molar-refractivity contribution in [3.8, 4) is 0 Å². The predicted octanol–water partition coefficient (Wildman–Crippen LogP) is 3.10. The minimum Gasteiger partial charge on any atom is -0.479 e. The Labute approximate surface area is 152 Å². The third-order valence-corrected chi connectivity index (χ3v) is 6.44. The molecule has 2 atom stereocenters. The van der Waals surface area contributed by atoms with Crippen LogP contribution in [0.2, 0.25) is 0 Å². The Balaban J connectivity index is 1.80. The summed E-state index contributed by atoms with van der Waals surface area (Å²) in [4.78, 5) is 27.5. The van der Waals surface area contributed by atoms with E-state index in [2.05, 4.69) is 24.3 Å². The summed E-state index contributed by atoms with van der Waals surface area (Å²) in [6.45, 7) is 4.46. The number of carboxylic acid groups (broad SMARTS) is 1. The van der Waals surface area contributed by atoms with E-state index in [-0.39, 0.29) is 18.6 Å². The molecule has 0 aromatic heterocycles. The van der Waals surface area contributed by atoms with Crippen molar-refractivity contribution in [2.24, 2.45) is 0 Å². The maximum absolute atomic E-state index is 13.4. The van der Waals surface area contributed by atoms with Crippen LogP contribution in [0.4, 0.5) is 0 Å². The number of morpholine rings is 1. The highest BCUT2D eigenvalue weighted by molar-refractivity contribution is 8.01. The smallest absolute Gasteiger partial charge is 0.334 e. The highest BCUT2D eigenvalue weighted by Gasteiger charge is 2.46. The number of benzene rings is 1. The molecule has 1 heterocycles. The van der Waals surface area contributed by atoms with E-state index >= 15 is 0 Å². The molecule has 0 spiro atoms. The number of carbonyl (C=O) groups is 2. The van der Waals surface area contributed by atoms with Gasteiger partial charge in [-0.1, -0.05) is 30.5 Å². The van der Waals surface area contributed by atoms with Crippen molar-refractivity contribution in [3.05, 3.63) is 29.8 Å². The van der Waals surface area contributed by atoms with Gasteiger partial charge in [0.05, 0.1) is 17.4 Å². The average molecular weight is 363 g/mol. The average Bonchev–Trinajstić information content (AvgIpc) is 3.05. The number of amides is 1. The topological polar surface area (TPSA) is 66.8 Å². The van der Waals surface area contributed by atoms with Gasteiger partial charge < -0.3 is 14.7 Å². The van der Waals surface area contributed by atoms with E-state index in [1.54, 1.807) is 16.7 Å². The summed E-state index contributed by atoms with van der Waals surface area (Å²) in [7, 11) is 0. The SMILES string of the molecule is Cc1ccc(SC2(C(=O)N3CC(C(=O)O)O[C@H](C)C3)CCCC2)cc1. The van der Waals surface area contributed by atoms with Crippen LogP contribution < -0.4 is 0 Å². The van der Waals surface area contributed by atoms with Gasteiger partial charge >= 0.3 is 5.97 Å². The molecule has 1 N–H and O–H groups in total. The van der Waals surface area contributed by atoms with Gasteiger partial charge in [-0.2, -0.15) is 0 Å². The molecule has 136 valence electrons. The van der Waals surface area contributed by atoms with Crippen molar-refractivity contribution in [1.29, 1.82) is 0 Å². The third-order valence-electron chi connectivity index (χ3n) is 4.96. The van der Waals surface area contributed by atoms with Gasteiger partial charge in [0.25, 0.3) is 0 Å². The lowest BCUT2D eigenvalue weighted by atomic mass is 10.0. The first-order valence-electron chi connectivity index (χ1n) is 8.83. The molecule has 1 aliphatic carbocycles. The molecule has 1 aromatic rings. The Morgan fingerprint density at radius 1 is 1.20 bits per heavy atom. The highest BCUT2D eigenvalue weighted by atomic mass is 32.2. The minimum absolute atomic E-state index is 0.0666. The number of aliphatic carboxylic acids is 1. The van der Waals surface area contributed by atoms with E-state index in [0.717, 1.165) is 30.6 Å². The van der Waals surface area contributed by atoms with Gasteiger partial charge in [0.2, 0.25) is 5.91 Å². The van der Waals surface area contributed by atoms with Crippen molar-refractivity contribution in [3.63, 3.8) is 0 Å². The second-order valence-electron chi connectivity index (χ2n) is 7.10. The van der Waals surface area contributed by atoms with Gasteiger partial charge in [-0.3, -0.25) is 4.79 Å². The fourth-order valence-corrected chi connectivity index (χ4v) is 5.11. The van der Waals surface area contributed by atoms with E-state index in [0.29, 0.717) is 6.54 Å². The summed E-state index contributed by atoms with van der Waals surface area (Å²) in [6.07, 6.45) is 2.55. The van der Waals surface area contributed by atoms with Crippen LogP contribution >= 0.6 is 11.8 Å². The molecule has 1 saturated carbocycles. The van der Waals surface area contributed by atoms with Gasteiger partial charge in [-0.25, -0.2) is 4.79 Å². The van der Waals surface area contributed by atoms with Crippen molar-refractivity contribution < 1.29 is 19.4 Å². The Hall–Kier alpha value is -1.53. The molecule has 1 aromatic carbocycles. The molecular formula is C19H25NO4S. The zero-order chi connectivity index (χ0) is 18.0. The lowest BCUT2D eigenvalue weighted by Gasteiger charge is -2.40. The molecule has 0 radical (unpaired) electrons. The van der Waals surface area contributed by atoms with Crippen LogP contribution in [0, 0.1) is 6.92 Å². The minimum atomic E-state index is -1.00. The number of carbonyl (C=O) groups excluding carboxylic acids is 1. The zero-order valence-corrected chi connectivity index (χ0v) is 15.6. The van der Waals surface area contributed by atoms with Crippen molar-refractivity contribution in [2.75, 3.05) is 13.1 Å². The summed E-state index contributed by atoms with van der Waals surface area (Å²) >= 11 is 1.64. The van der Waals surface area contributed by atoms with Crippen LogP contribution in [0.25, 0.3) is 0 Å². The molecule has 1 saturated heterocycles. The molecule has 3 rings (SSSR count). The lowest BCUT2D eigenvalue weighted by Crippen LogP contribution is -2.56. The first kappa shape index (κ1) is 18.3. The van der Waals surface area contributed by atoms with E-state index in [4.69, 9.17) is 4.74 Å². The van der Waals surface area contributed by atoms with E-state index in [1.165, 1.54) is 5.56 Å². The van der Waals surface area contributed by atoms with E-state index in [1.807, 2.05) is 13.8 Å². The summed E-state index contributed by atoms with van der Waals surface area (Å²) in [5.74, 6) is -0.937. The highest BCUT2D eigenvalue weighted by Crippen LogP contribution is 2.46. The van der Waals surface area contributed by atoms with Gasteiger partial charge in [0, 0.05) is 11.4 Å². The van der Waals surface area contributed by atoms with E-state index < -0.39 is 16.8 Å². The van der Waals surface area contributed by atoms with Gasteiger partial charge in [-0.05, 0) is 38.8 Å². The summed E-state index contributed by atoms with van der Waals surface area (Å²) in [5.41, 5.74) is 1.20. The molecule has 25 heavy (non-hydrogen) atoms. The molecule has 2 aliphatic rings.